The predicted octanol–water partition coefficient (Wildman–Crippen LogP) is 5.38. The number of rotatable bonds is 6. The van der Waals surface area contributed by atoms with Crippen molar-refractivity contribution in [3.05, 3.63) is 69.7 Å². The maximum absolute atomic E-state index is 12.6. The molecule has 2 aromatic carbocycles. The summed E-state index contributed by atoms with van der Waals surface area (Å²) in [5, 5.41) is 1.04. The first-order chi connectivity index (χ1) is 11.1. The monoisotopic (exact) mass is 349 g/mol. The predicted molar refractivity (Wildman–Crippen MR) is 97.3 cm³/mol. The number of halogens is 2. The molecule has 4 heteroatoms. The fraction of sp³-hybridized carbons (Fsp3) is 0.316. The van der Waals surface area contributed by atoms with Gasteiger partial charge in [-0.3, -0.25) is 4.79 Å². The molecule has 0 N–H and O–H groups in total. The first kappa shape index (κ1) is 17.8. The van der Waals surface area contributed by atoms with Crippen LogP contribution < -0.4 is 0 Å². The van der Waals surface area contributed by atoms with E-state index in [2.05, 4.69) is 0 Å². The van der Waals surface area contributed by atoms with Gasteiger partial charge >= 0.3 is 0 Å². The van der Waals surface area contributed by atoms with E-state index < -0.39 is 0 Å². The molecule has 1 unspecified atom stereocenters. The lowest BCUT2D eigenvalue weighted by Gasteiger charge is -2.23. The number of carbonyl (C=O) groups is 1. The Morgan fingerprint density at radius 2 is 1.61 bits per heavy atom. The molecule has 2 aromatic rings. The third-order valence-corrected chi connectivity index (χ3v) is 4.78. The van der Waals surface area contributed by atoms with Crippen molar-refractivity contribution in [1.29, 1.82) is 0 Å². The van der Waals surface area contributed by atoms with E-state index in [-0.39, 0.29) is 11.8 Å². The summed E-state index contributed by atoms with van der Waals surface area (Å²) < 4.78 is 0. The average molecular weight is 350 g/mol. The standard InChI is InChI=1S/C19H21Cl2NO/c1-3-22(4-2)19(23)13-16(14-8-6-5-7-9-14)15-10-11-17(20)18(21)12-15/h5-12,16H,3-4,13H2,1-2H3. The molecular weight excluding hydrogens is 329 g/mol. The first-order valence-electron chi connectivity index (χ1n) is 7.84. The highest BCUT2D eigenvalue weighted by atomic mass is 35.5. The summed E-state index contributed by atoms with van der Waals surface area (Å²) in [5.41, 5.74) is 2.11. The van der Waals surface area contributed by atoms with Gasteiger partial charge in [0.15, 0.2) is 0 Å². The van der Waals surface area contributed by atoms with Crippen LogP contribution in [0.15, 0.2) is 48.5 Å². The van der Waals surface area contributed by atoms with E-state index in [4.69, 9.17) is 23.2 Å². The van der Waals surface area contributed by atoms with Crippen molar-refractivity contribution in [2.75, 3.05) is 13.1 Å². The summed E-state index contributed by atoms with van der Waals surface area (Å²) in [6, 6.07) is 15.6. The number of amides is 1. The van der Waals surface area contributed by atoms with Crippen LogP contribution in [-0.4, -0.2) is 23.9 Å². The molecule has 122 valence electrons. The molecule has 0 aliphatic carbocycles. The van der Waals surface area contributed by atoms with E-state index in [1.54, 1.807) is 6.07 Å². The van der Waals surface area contributed by atoms with Crippen molar-refractivity contribution >= 4 is 29.1 Å². The number of benzene rings is 2. The normalized spacial score (nSPS) is 12.0. The largest absolute Gasteiger partial charge is 0.343 e. The minimum Gasteiger partial charge on any atom is -0.343 e. The Morgan fingerprint density at radius 3 is 2.17 bits per heavy atom. The Bertz CT molecular complexity index is 654. The van der Waals surface area contributed by atoms with Crippen LogP contribution in [-0.2, 0) is 4.79 Å². The zero-order valence-electron chi connectivity index (χ0n) is 13.4. The van der Waals surface area contributed by atoms with Gasteiger partial charge in [-0.05, 0) is 37.1 Å². The molecule has 0 bridgehead atoms. The lowest BCUT2D eigenvalue weighted by molar-refractivity contribution is -0.131. The van der Waals surface area contributed by atoms with Crippen LogP contribution in [0.4, 0.5) is 0 Å². The van der Waals surface area contributed by atoms with Gasteiger partial charge in [0, 0.05) is 25.4 Å². The molecule has 1 atom stereocenters. The summed E-state index contributed by atoms with van der Waals surface area (Å²) >= 11 is 12.2. The maximum atomic E-state index is 12.6. The minimum absolute atomic E-state index is 0.0286. The molecule has 0 radical (unpaired) electrons. The summed E-state index contributed by atoms with van der Waals surface area (Å²) in [6.45, 7) is 5.44. The summed E-state index contributed by atoms with van der Waals surface area (Å²) in [7, 11) is 0. The minimum atomic E-state index is -0.0286. The number of hydrogen-bond acceptors (Lipinski definition) is 1. The van der Waals surface area contributed by atoms with E-state index in [1.165, 1.54) is 0 Å². The van der Waals surface area contributed by atoms with Crippen LogP contribution in [0.1, 0.15) is 37.3 Å². The fourth-order valence-corrected chi connectivity index (χ4v) is 3.03. The molecule has 0 aliphatic rings. The lowest BCUT2D eigenvalue weighted by atomic mass is 9.88. The van der Waals surface area contributed by atoms with Crippen molar-refractivity contribution < 1.29 is 4.79 Å². The maximum Gasteiger partial charge on any atom is 0.223 e. The van der Waals surface area contributed by atoms with E-state index in [0.29, 0.717) is 16.5 Å². The van der Waals surface area contributed by atoms with Gasteiger partial charge in [0.1, 0.15) is 0 Å². The summed E-state index contributed by atoms with van der Waals surface area (Å²) in [5.74, 6) is 0.119. The molecule has 2 rings (SSSR count). The molecule has 0 aliphatic heterocycles. The highest BCUT2D eigenvalue weighted by Gasteiger charge is 2.21. The first-order valence-corrected chi connectivity index (χ1v) is 8.60. The van der Waals surface area contributed by atoms with E-state index in [9.17, 15) is 4.79 Å². The van der Waals surface area contributed by atoms with Crippen LogP contribution in [0.3, 0.4) is 0 Å². The number of hydrogen-bond donors (Lipinski definition) is 0. The molecular formula is C19H21Cl2NO. The van der Waals surface area contributed by atoms with Gasteiger partial charge in [-0.25, -0.2) is 0 Å². The summed E-state index contributed by atoms with van der Waals surface area (Å²) in [6.07, 6.45) is 0.420. The third kappa shape index (κ3) is 4.49. The quantitative estimate of drug-likeness (QED) is 0.685. The van der Waals surface area contributed by atoms with Crippen LogP contribution in [0.2, 0.25) is 10.0 Å². The van der Waals surface area contributed by atoms with E-state index in [0.717, 1.165) is 24.2 Å². The molecule has 0 heterocycles. The zero-order valence-corrected chi connectivity index (χ0v) is 14.9. The molecule has 0 fully saturated rings. The van der Waals surface area contributed by atoms with E-state index >= 15 is 0 Å². The fourth-order valence-electron chi connectivity index (χ4n) is 2.72. The van der Waals surface area contributed by atoms with Crippen LogP contribution in [0, 0.1) is 0 Å². The number of nitrogens with zero attached hydrogens (tertiary/aromatic N) is 1. The van der Waals surface area contributed by atoms with Crippen molar-refractivity contribution in [3.63, 3.8) is 0 Å². The van der Waals surface area contributed by atoms with Crippen molar-refractivity contribution in [2.24, 2.45) is 0 Å². The topological polar surface area (TPSA) is 20.3 Å². The summed E-state index contributed by atoms with van der Waals surface area (Å²) in [4.78, 5) is 14.4. The van der Waals surface area contributed by atoms with Gasteiger partial charge in [0.2, 0.25) is 5.91 Å². The highest BCUT2D eigenvalue weighted by molar-refractivity contribution is 6.42. The molecule has 0 saturated carbocycles. The lowest BCUT2D eigenvalue weighted by Crippen LogP contribution is -2.31. The molecule has 0 spiro atoms. The van der Waals surface area contributed by atoms with Crippen molar-refractivity contribution in [3.8, 4) is 0 Å². The Labute approximate surface area is 148 Å². The van der Waals surface area contributed by atoms with Gasteiger partial charge in [-0.15, -0.1) is 0 Å². The van der Waals surface area contributed by atoms with Crippen LogP contribution in [0.5, 0.6) is 0 Å². The van der Waals surface area contributed by atoms with Gasteiger partial charge < -0.3 is 4.90 Å². The zero-order chi connectivity index (χ0) is 16.8. The average Bonchev–Trinajstić information content (AvgIpc) is 2.57. The smallest absolute Gasteiger partial charge is 0.223 e. The third-order valence-electron chi connectivity index (χ3n) is 4.04. The second-order valence-corrected chi connectivity index (χ2v) is 6.22. The Hall–Kier alpha value is -1.51. The molecule has 0 saturated heterocycles. The van der Waals surface area contributed by atoms with E-state index in [1.807, 2.05) is 61.2 Å². The highest BCUT2D eigenvalue weighted by Crippen LogP contribution is 2.32. The Kier molecular flexibility index (Phi) is 6.49. The molecule has 0 aromatic heterocycles. The van der Waals surface area contributed by atoms with Gasteiger partial charge in [0.05, 0.1) is 10.0 Å². The molecule has 2 nitrogen and oxygen atoms in total. The Morgan fingerprint density at radius 1 is 0.957 bits per heavy atom. The SMILES string of the molecule is CCN(CC)C(=O)CC(c1ccccc1)c1ccc(Cl)c(Cl)c1. The van der Waals surface area contributed by atoms with Crippen molar-refractivity contribution in [1.82, 2.24) is 4.90 Å². The second kappa shape index (κ2) is 8.37. The van der Waals surface area contributed by atoms with Gasteiger partial charge in [-0.2, -0.15) is 0 Å². The second-order valence-electron chi connectivity index (χ2n) is 5.41. The molecule has 23 heavy (non-hydrogen) atoms. The van der Waals surface area contributed by atoms with Crippen molar-refractivity contribution in [2.45, 2.75) is 26.2 Å². The number of carbonyl (C=O) groups excluding carboxylic acids is 1. The Balaban J connectivity index is 2.36. The van der Waals surface area contributed by atoms with Crippen LogP contribution >= 0.6 is 23.2 Å². The van der Waals surface area contributed by atoms with Crippen LogP contribution in [0.25, 0.3) is 0 Å². The van der Waals surface area contributed by atoms with Gasteiger partial charge in [-0.1, -0.05) is 59.6 Å². The van der Waals surface area contributed by atoms with Gasteiger partial charge in [0.25, 0.3) is 0 Å². The molecule has 1 amide bonds.